The molecule has 5 aromatic rings. The number of carbonyl (C=O) groups excluding carboxylic acids is 2. The van der Waals surface area contributed by atoms with E-state index in [0.717, 1.165) is 44.8 Å². The second kappa shape index (κ2) is 9.60. The largest absolute Gasteiger partial charge is 0.355 e. The van der Waals surface area contributed by atoms with E-state index in [1.54, 1.807) is 48.5 Å². The predicted octanol–water partition coefficient (Wildman–Crippen LogP) is 7.12. The highest BCUT2D eigenvalue weighted by molar-refractivity contribution is 6.28. The van der Waals surface area contributed by atoms with Crippen molar-refractivity contribution >= 4 is 57.9 Å². The normalized spacial score (nSPS) is 12.9. The van der Waals surface area contributed by atoms with E-state index in [1.807, 2.05) is 48.6 Å². The van der Waals surface area contributed by atoms with Crippen LogP contribution in [0.3, 0.4) is 0 Å². The zero-order valence-corrected chi connectivity index (χ0v) is 21.3. The molecule has 0 atom stereocenters. The molecule has 6 heteroatoms. The Labute approximate surface area is 229 Å². The van der Waals surface area contributed by atoms with Gasteiger partial charge in [0, 0.05) is 44.3 Å². The number of hydrogen-bond acceptors (Lipinski definition) is 4. The van der Waals surface area contributed by atoms with E-state index < -0.39 is 0 Å². The Bertz CT molecular complexity index is 1780. The molecule has 0 spiro atoms. The lowest BCUT2D eigenvalue weighted by Gasteiger charge is -2.16. The van der Waals surface area contributed by atoms with E-state index in [-0.39, 0.29) is 11.6 Å². The summed E-state index contributed by atoms with van der Waals surface area (Å²) >= 11 is 0. The number of carbonyl (C=O) groups is 2. The summed E-state index contributed by atoms with van der Waals surface area (Å²) in [5, 5.41) is 0. The fraction of sp³-hybridized carbons (Fsp3) is 0. The van der Waals surface area contributed by atoms with Gasteiger partial charge in [0.2, 0.25) is 0 Å². The number of fused-ring (bicyclic) bond motifs is 10. The van der Waals surface area contributed by atoms with E-state index in [0.29, 0.717) is 22.3 Å². The molecule has 0 saturated carbocycles. The van der Waals surface area contributed by atoms with Gasteiger partial charge in [-0.05, 0) is 72.8 Å². The fourth-order valence-corrected chi connectivity index (χ4v) is 4.99. The Morgan fingerprint density at radius 1 is 0.400 bits per heavy atom. The topological polar surface area (TPSA) is 91.5 Å². The minimum atomic E-state index is -0.0641. The van der Waals surface area contributed by atoms with Crippen molar-refractivity contribution in [2.24, 2.45) is 0 Å². The van der Waals surface area contributed by atoms with Gasteiger partial charge in [-0.1, -0.05) is 48.5 Å². The number of rotatable bonds is 0. The van der Waals surface area contributed by atoms with Gasteiger partial charge in [0.1, 0.15) is 0 Å². The van der Waals surface area contributed by atoms with Crippen molar-refractivity contribution in [2.45, 2.75) is 0 Å². The molecule has 2 aliphatic heterocycles. The molecule has 3 aliphatic rings. The molecule has 0 unspecified atom stereocenters. The molecule has 190 valence electrons. The van der Waals surface area contributed by atoms with Crippen LogP contribution in [0.1, 0.15) is 54.6 Å². The number of nitrogens with one attached hydrogen (secondary N) is 2. The first kappa shape index (κ1) is 23.5. The van der Waals surface area contributed by atoms with Gasteiger partial charge in [0.25, 0.3) is 0 Å². The first-order valence-corrected chi connectivity index (χ1v) is 12.9. The third kappa shape index (κ3) is 4.48. The van der Waals surface area contributed by atoms with Gasteiger partial charge in [0.05, 0.1) is 22.8 Å². The third-order valence-electron chi connectivity index (χ3n) is 6.87. The van der Waals surface area contributed by atoms with Crippen LogP contribution in [-0.4, -0.2) is 31.5 Å². The summed E-state index contributed by atoms with van der Waals surface area (Å²) < 4.78 is 0. The van der Waals surface area contributed by atoms with Crippen molar-refractivity contribution < 1.29 is 9.59 Å². The molecule has 0 fully saturated rings. The summed E-state index contributed by atoms with van der Waals surface area (Å²) in [4.78, 5) is 40.2. The van der Waals surface area contributed by atoms with Crippen molar-refractivity contribution in [1.82, 2.24) is 19.9 Å². The van der Waals surface area contributed by atoms with Crippen LogP contribution in [0, 0.1) is 0 Å². The van der Waals surface area contributed by atoms with Crippen LogP contribution in [0.15, 0.2) is 97.1 Å². The first-order valence-electron chi connectivity index (χ1n) is 12.9. The number of hydrogen-bond donors (Lipinski definition) is 2. The van der Waals surface area contributed by atoms with Crippen LogP contribution in [0.4, 0.5) is 0 Å². The lowest BCUT2D eigenvalue weighted by Crippen LogP contribution is -2.20. The van der Waals surface area contributed by atoms with Crippen molar-refractivity contribution in [3.8, 4) is 0 Å². The third-order valence-corrected chi connectivity index (χ3v) is 6.87. The van der Waals surface area contributed by atoms with Crippen LogP contribution in [0.5, 0.6) is 0 Å². The number of benzene rings is 2. The highest BCUT2D eigenvalue weighted by Gasteiger charge is 2.28. The van der Waals surface area contributed by atoms with E-state index in [4.69, 9.17) is 0 Å². The molecular formula is C34H22N4O2. The Morgan fingerprint density at radius 2 is 0.675 bits per heavy atom. The van der Waals surface area contributed by atoms with Crippen LogP contribution >= 0.6 is 0 Å². The molecule has 1 aliphatic carbocycles. The Kier molecular flexibility index (Phi) is 5.64. The monoisotopic (exact) mass is 518 g/mol. The smallest absolute Gasteiger partial charge is 0.194 e. The molecular weight excluding hydrogens is 496 g/mol. The zero-order chi connectivity index (χ0) is 27.1. The molecule has 2 aromatic carbocycles. The van der Waals surface area contributed by atoms with Crippen molar-refractivity contribution in [1.29, 1.82) is 0 Å². The minimum Gasteiger partial charge on any atom is -0.355 e. The lowest BCUT2D eigenvalue weighted by molar-refractivity contribution is 0.0979. The molecule has 3 aromatic heterocycles. The average Bonchev–Trinajstić information content (AvgIpc) is 3.79. The SMILES string of the molecule is C1=Cc2cc3ccc(cc4nc(cc5ccc(cc1n2)[nH]5)C=C4)[nH]3.O=C1c2ccccc2C(=O)c2ccccc21. The standard InChI is InChI=1S/C20H14N4.C14H8O2/c1-2-14-10-16-5-6-18(23-16)12-20-8-7-19(24-20)11-17-4-3-15(22-17)9-13(1)21-14;15-13-9-5-1-2-6-10(9)14(16)12-8-4-3-7-11(12)13/h1-12,21,24H;1-8H. The highest BCUT2D eigenvalue weighted by Crippen LogP contribution is 2.26. The van der Waals surface area contributed by atoms with Gasteiger partial charge in [0.15, 0.2) is 11.6 Å². The van der Waals surface area contributed by atoms with Gasteiger partial charge < -0.3 is 9.97 Å². The second-order valence-electron chi connectivity index (χ2n) is 9.65. The molecule has 0 radical (unpaired) electrons. The Morgan fingerprint density at radius 3 is 0.950 bits per heavy atom. The van der Waals surface area contributed by atoms with Gasteiger partial charge >= 0.3 is 0 Å². The van der Waals surface area contributed by atoms with E-state index in [2.05, 4.69) is 44.2 Å². The fourth-order valence-electron chi connectivity index (χ4n) is 4.99. The van der Waals surface area contributed by atoms with Crippen LogP contribution in [0.25, 0.3) is 46.4 Å². The van der Waals surface area contributed by atoms with Gasteiger partial charge in [-0.3, -0.25) is 9.59 Å². The maximum absolute atomic E-state index is 12.1. The van der Waals surface area contributed by atoms with Crippen molar-refractivity contribution in [3.63, 3.8) is 0 Å². The molecule has 0 amide bonds. The summed E-state index contributed by atoms with van der Waals surface area (Å²) in [5.74, 6) is -0.128. The lowest BCUT2D eigenvalue weighted by atomic mass is 9.84. The predicted molar refractivity (Wildman–Crippen MR) is 159 cm³/mol. The summed E-state index contributed by atoms with van der Waals surface area (Å²) in [6.07, 6.45) is 8.09. The highest BCUT2D eigenvalue weighted by atomic mass is 16.1. The van der Waals surface area contributed by atoms with E-state index in [1.165, 1.54) is 0 Å². The molecule has 0 saturated heterocycles. The summed E-state index contributed by atoms with van der Waals surface area (Å²) in [6, 6.07) is 30.3. The van der Waals surface area contributed by atoms with Crippen LogP contribution in [0.2, 0.25) is 0 Å². The minimum absolute atomic E-state index is 0.0641. The van der Waals surface area contributed by atoms with E-state index in [9.17, 15) is 9.59 Å². The second-order valence-corrected chi connectivity index (χ2v) is 9.65. The van der Waals surface area contributed by atoms with E-state index >= 15 is 0 Å². The number of nitrogens with zero attached hydrogens (tertiary/aromatic N) is 2. The zero-order valence-electron chi connectivity index (χ0n) is 21.3. The van der Waals surface area contributed by atoms with Crippen LogP contribution in [-0.2, 0) is 0 Å². The Balaban J connectivity index is 0.000000144. The summed E-state index contributed by atoms with van der Waals surface area (Å²) in [7, 11) is 0. The molecule has 2 N–H and O–H groups in total. The maximum atomic E-state index is 12.1. The number of H-pyrrole nitrogens is 2. The average molecular weight is 519 g/mol. The number of ketones is 2. The quantitative estimate of drug-likeness (QED) is 0.224. The molecule has 8 rings (SSSR count). The molecule has 8 bridgehead atoms. The summed E-state index contributed by atoms with van der Waals surface area (Å²) in [5.41, 5.74) is 9.88. The summed E-state index contributed by atoms with van der Waals surface area (Å²) in [6.45, 7) is 0. The molecule has 5 heterocycles. The van der Waals surface area contributed by atoms with Crippen molar-refractivity contribution in [3.05, 3.63) is 142 Å². The maximum Gasteiger partial charge on any atom is 0.194 e. The van der Waals surface area contributed by atoms with Crippen molar-refractivity contribution in [2.75, 3.05) is 0 Å². The molecule has 6 nitrogen and oxygen atoms in total. The van der Waals surface area contributed by atoms with Gasteiger partial charge in [-0.2, -0.15) is 0 Å². The van der Waals surface area contributed by atoms with Gasteiger partial charge in [-0.15, -0.1) is 0 Å². The number of aromatic amines is 2. The van der Waals surface area contributed by atoms with Crippen LogP contribution < -0.4 is 0 Å². The Hall–Kier alpha value is -5.62. The number of aromatic nitrogens is 4. The molecule has 40 heavy (non-hydrogen) atoms. The first-order chi connectivity index (χ1) is 19.6. The van der Waals surface area contributed by atoms with Gasteiger partial charge in [-0.25, -0.2) is 9.97 Å².